The first-order valence-electron chi connectivity index (χ1n) is 10.9. The van der Waals surface area contributed by atoms with E-state index in [9.17, 15) is 0 Å². The van der Waals surface area contributed by atoms with Gasteiger partial charge in [-0.1, -0.05) is 74.0 Å². The number of hydrogen-bond acceptors (Lipinski definition) is 2. The summed E-state index contributed by atoms with van der Waals surface area (Å²) < 4.78 is 14.0. The fourth-order valence-corrected chi connectivity index (χ4v) is 6.41. The second kappa shape index (κ2) is 5.81. The van der Waals surface area contributed by atoms with Crippen LogP contribution in [0.3, 0.4) is 0 Å². The highest BCUT2D eigenvalue weighted by molar-refractivity contribution is 5.60. The molecule has 2 saturated heterocycles. The second-order valence-corrected chi connectivity index (χ2v) is 9.41. The fourth-order valence-electron chi connectivity index (χ4n) is 6.41. The van der Waals surface area contributed by atoms with E-state index in [0.29, 0.717) is 0 Å². The molecule has 0 amide bonds. The van der Waals surface area contributed by atoms with Gasteiger partial charge in [0.15, 0.2) is 5.79 Å². The van der Waals surface area contributed by atoms with Gasteiger partial charge in [-0.05, 0) is 54.4 Å². The number of aryl methyl sites for hydroxylation is 1. The number of benzene rings is 2. The maximum Gasteiger partial charge on any atom is 0.175 e. The van der Waals surface area contributed by atoms with Gasteiger partial charge in [0, 0.05) is 11.8 Å². The molecule has 28 heavy (non-hydrogen) atoms. The Morgan fingerprint density at radius 1 is 0.929 bits per heavy atom. The van der Waals surface area contributed by atoms with Crippen LogP contribution in [-0.2, 0) is 21.5 Å². The van der Waals surface area contributed by atoms with Crippen molar-refractivity contribution in [2.24, 2.45) is 5.41 Å². The molecule has 2 heteroatoms. The minimum atomic E-state index is -0.415. The summed E-state index contributed by atoms with van der Waals surface area (Å²) in [6.07, 6.45) is 10.5. The van der Waals surface area contributed by atoms with Crippen LogP contribution in [-0.4, -0.2) is 11.9 Å². The predicted molar refractivity (Wildman–Crippen MR) is 111 cm³/mol. The van der Waals surface area contributed by atoms with Crippen molar-refractivity contribution >= 4 is 6.08 Å². The zero-order valence-corrected chi connectivity index (χ0v) is 16.6. The van der Waals surface area contributed by atoms with Gasteiger partial charge in [-0.2, -0.15) is 0 Å². The van der Waals surface area contributed by atoms with Gasteiger partial charge in [0.05, 0.1) is 6.10 Å². The van der Waals surface area contributed by atoms with Crippen LogP contribution in [0.4, 0.5) is 0 Å². The highest BCUT2D eigenvalue weighted by Crippen LogP contribution is 2.68. The van der Waals surface area contributed by atoms with Gasteiger partial charge in [0.2, 0.25) is 0 Å². The third-order valence-electron chi connectivity index (χ3n) is 7.85. The smallest absolute Gasteiger partial charge is 0.175 e. The van der Waals surface area contributed by atoms with E-state index in [-0.39, 0.29) is 11.5 Å². The molecule has 4 atom stereocenters. The predicted octanol–water partition coefficient (Wildman–Crippen LogP) is 6.01. The Bertz CT molecular complexity index is 946. The Morgan fingerprint density at radius 3 is 2.61 bits per heavy atom. The Morgan fingerprint density at radius 2 is 1.71 bits per heavy atom. The van der Waals surface area contributed by atoms with Gasteiger partial charge in [-0.15, -0.1) is 0 Å². The highest BCUT2D eigenvalue weighted by atomic mass is 16.8. The van der Waals surface area contributed by atoms with E-state index in [1.165, 1.54) is 41.5 Å². The Kier molecular flexibility index (Phi) is 3.53. The Hall–Kier alpha value is -1.90. The summed E-state index contributed by atoms with van der Waals surface area (Å²) in [7, 11) is 0. The van der Waals surface area contributed by atoms with Crippen molar-refractivity contribution in [3.8, 4) is 0 Å². The minimum Gasteiger partial charge on any atom is -0.342 e. The lowest BCUT2D eigenvalue weighted by atomic mass is 9.62. The monoisotopic (exact) mass is 372 g/mol. The van der Waals surface area contributed by atoms with E-state index >= 15 is 0 Å². The summed E-state index contributed by atoms with van der Waals surface area (Å²) in [6.45, 7) is 2.40. The van der Waals surface area contributed by atoms with Crippen molar-refractivity contribution < 1.29 is 9.47 Å². The molecular weight excluding hydrogens is 344 g/mol. The molecule has 2 aliphatic heterocycles. The largest absolute Gasteiger partial charge is 0.342 e. The first-order chi connectivity index (χ1) is 13.7. The van der Waals surface area contributed by atoms with E-state index in [1.54, 1.807) is 0 Å². The van der Waals surface area contributed by atoms with Gasteiger partial charge >= 0.3 is 0 Å². The normalized spacial score (nSPS) is 39.9. The SMILES string of the molecule is C[C@]12CCCC[C@@]13O[C@@H](C2)[C@]1(O3)/C(=C/c2ccccc2)CCc2ccccc21. The fraction of sp³-hybridized carbons (Fsp3) is 0.462. The molecule has 2 aromatic rings. The lowest BCUT2D eigenvalue weighted by molar-refractivity contribution is -0.254. The molecule has 0 unspecified atom stereocenters. The van der Waals surface area contributed by atoms with Crippen molar-refractivity contribution in [1.29, 1.82) is 0 Å². The van der Waals surface area contributed by atoms with Crippen molar-refractivity contribution in [2.45, 2.75) is 69.4 Å². The average molecular weight is 373 g/mol. The molecule has 2 heterocycles. The van der Waals surface area contributed by atoms with Crippen molar-refractivity contribution in [3.05, 3.63) is 76.9 Å². The molecule has 0 radical (unpaired) electrons. The summed E-state index contributed by atoms with van der Waals surface area (Å²) in [5.74, 6) is -0.407. The molecule has 2 nitrogen and oxygen atoms in total. The van der Waals surface area contributed by atoms with E-state index in [2.05, 4.69) is 67.6 Å². The molecule has 3 fully saturated rings. The first-order valence-corrected chi connectivity index (χ1v) is 10.9. The highest BCUT2D eigenvalue weighted by Gasteiger charge is 2.72. The zero-order valence-electron chi connectivity index (χ0n) is 16.6. The van der Waals surface area contributed by atoms with Crippen molar-refractivity contribution in [3.63, 3.8) is 0 Å². The van der Waals surface area contributed by atoms with Crippen LogP contribution in [0.1, 0.15) is 62.1 Å². The minimum absolute atomic E-state index is 0.118. The van der Waals surface area contributed by atoms with Crippen LogP contribution >= 0.6 is 0 Å². The van der Waals surface area contributed by atoms with Crippen LogP contribution in [0.25, 0.3) is 6.08 Å². The summed E-state index contributed by atoms with van der Waals surface area (Å²) in [4.78, 5) is 0. The van der Waals surface area contributed by atoms with Crippen LogP contribution in [0.2, 0.25) is 0 Å². The summed E-state index contributed by atoms with van der Waals surface area (Å²) in [5.41, 5.74) is 5.17. The van der Waals surface area contributed by atoms with Crippen LogP contribution in [0.15, 0.2) is 60.2 Å². The molecule has 6 rings (SSSR count). The number of fused-ring (bicyclic) bond motifs is 4. The molecule has 0 aromatic heterocycles. The zero-order chi connectivity index (χ0) is 18.8. The van der Waals surface area contributed by atoms with Gasteiger partial charge in [-0.25, -0.2) is 0 Å². The van der Waals surface area contributed by atoms with E-state index in [1.807, 2.05) is 0 Å². The lowest BCUT2D eigenvalue weighted by Gasteiger charge is -2.52. The molecule has 2 aromatic carbocycles. The van der Waals surface area contributed by atoms with Gasteiger partial charge < -0.3 is 9.47 Å². The molecule has 0 N–H and O–H groups in total. The van der Waals surface area contributed by atoms with Crippen molar-refractivity contribution in [2.75, 3.05) is 0 Å². The standard InChI is InChI=1S/C26H28O2/c1-24-15-7-8-16-25(24)27-23(18-24)26(28-25)21(17-19-9-3-2-4-10-19)14-13-20-11-5-6-12-22(20)26/h2-6,9-12,17,23H,7-8,13-16,18H2,1H3/b21-17+/t23-,24+,25-,26-/m0/s1. The van der Waals surface area contributed by atoms with Gasteiger partial charge in [0.1, 0.15) is 5.60 Å². The molecule has 2 bridgehead atoms. The lowest BCUT2D eigenvalue weighted by Crippen LogP contribution is -2.54. The molecule has 2 spiro atoms. The second-order valence-electron chi connectivity index (χ2n) is 9.41. The molecular formula is C26H28O2. The summed E-state index contributed by atoms with van der Waals surface area (Å²) in [5, 5.41) is 0. The van der Waals surface area contributed by atoms with Crippen LogP contribution < -0.4 is 0 Å². The van der Waals surface area contributed by atoms with Crippen LogP contribution in [0, 0.1) is 5.41 Å². The number of hydrogen-bond donors (Lipinski definition) is 0. The Balaban J connectivity index is 1.53. The Labute approximate surface area is 167 Å². The maximum absolute atomic E-state index is 7.20. The first kappa shape index (κ1) is 17.0. The average Bonchev–Trinajstić information content (AvgIpc) is 3.20. The van der Waals surface area contributed by atoms with E-state index < -0.39 is 11.4 Å². The van der Waals surface area contributed by atoms with E-state index in [4.69, 9.17) is 9.47 Å². The molecule has 2 aliphatic carbocycles. The van der Waals surface area contributed by atoms with Gasteiger partial charge in [-0.3, -0.25) is 0 Å². The molecule has 144 valence electrons. The maximum atomic E-state index is 7.20. The third-order valence-corrected chi connectivity index (χ3v) is 7.85. The van der Waals surface area contributed by atoms with Crippen LogP contribution in [0.5, 0.6) is 0 Å². The number of ether oxygens (including phenoxy) is 2. The topological polar surface area (TPSA) is 18.5 Å². The molecule has 1 saturated carbocycles. The van der Waals surface area contributed by atoms with Gasteiger partial charge in [0.25, 0.3) is 0 Å². The molecule has 4 aliphatic rings. The quantitative estimate of drug-likeness (QED) is 0.610. The summed E-state index contributed by atoms with van der Waals surface area (Å²) in [6, 6.07) is 19.6. The third kappa shape index (κ3) is 2.11. The summed E-state index contributed by atoms with van der Waals surface area (Å²) >= 11 is 0. The number of rotatable bonds is 1. The van der Waals surface area contributed by atoms with Crippen molar-refractivity contribution in [1.82, 2.24) is 0 Å². The van der Waals surface area contributed by atoms with E-state index in [0.717, 1.165) is 25.7 Å².